The number of hydrogen-bond acceptors (Lipinski definition) is 3. The Morgan fingerprint density at radius 1 is 1.25 bits per heavy atom. The van der Waals surface area contributed by atoms with Crippen molar-refractivity contribution in [3.8, 4) is 0 Å². The van der Waals surface area contributed by atoms with Crippen molar-refractivity contribution in [2.24, 2.45) is 17.6 Å². The molecule has 2 heterocycles. The molecule has 0 aromatic carbocycles. The Labute approximate surface area is 121 Å². The molecule has 5 nitrogen and oxygen atoms in total. The second kappa shape index (κ2) is 6.57. The molecule has 3 N–H and O–H groups in total. The molecule has 5 heteroatoms. The highest BCUT2D eigenvalue weighted by molar-refractivity contribution is 5.80. The molecule has 0 spiro atoms. The van der Waals surface area contributed by atoms with E-state index >= 15 is 0 Å². The fraction of sp³-hybridized carbons (Fsp3) is 0.867. The Morgan fingerprint density at radius 3 is 2.65 bits per heavy atom. The number of rotatable bonds is 3. The van der Waals surface area contributed by atoms with E-state index in [0.717, 1.165) is 19.4 Å². The summed E-state index contributed by atoms with van der Waals surface area (Å²) in [7, 11) is 0. The van der Waals surface area contributed by atoms with Crippen molar-refractivity contribution in [3.05, 3.63) is 0 Å². The molecule has 2 aliphatic heterocycles. The maximum Gasteiger partial charge on any atom is 0.224 e. The van der Waals surface area contributed by atoms with Crippen molar-refractivity contribution in [1.29, 1.82) is 0 Å². The Hall–Kier alpha value is -1.10. The summed E-state index contributed by atoms with van der Waals surface area (Å²) in [6.45, 7) is 5.76. The zero-order chi connectivity index (χ0) is 14.7. The van der Waals surface area contributed by atoms with Crippen LogP contribution >= 0.6 is 0 Å². The summed E-state index contributed by atoms with van der Waals surface area (Å²) in [5, 5.41) is 3.45. The van der Waals surface area contributed by atoms with Gasteiger partial charge in [-0.15, -0.1) is 0 Å². The van der Waals surface area contributed by atoms with E-state index in [-0.39, 0.29) is 29.8 Å². The predicted molar refractivity (Wildman–Crippen MR) is 77.9 cm³/mol. The van der Waals surface area contributed by atoms with E-state index < -0.39 is 0 Å². The second-order valence-corrected chi connectivity index (χ2v) is 6.46. The molecule has 2 aliphatic rings. The molecule has 2 saturated heterocycles. The topological polar surface area (TPSA) is 75.4 Å². The van der Waals surface area contributed by atoms with E-state index in [1.165, 1.54) is 12.8 Å². The van der Waals surface area contributed by atoms with Crippen LogP contribution in [-0.2, 0) is 9.59 Å². The maximum atomic E-state index is 12.5. The molecule has 2 fully saturated rings. The number of hydrogen-bond donors (Lipinski definition) is 2. The van der Waals surface area contributed by atoms with Crippen molar-refractivity contribution in [2.75, 3.05) is 13.1 Å². The number of nitrogens with zero attached hydrogens (tertiary/aromatic N) is 1. The molecule has 20 heavy (non-hydrogen) atoms. The minimum Gasteiger partial charge on any atom is -0.369 e. The molecule has 2 rings (SSSR count). The van der Waals surface area contributed by atoms with Crippen LogP contribution < -0.4 is 11.1 Å². The molecule has 114 valence electrons. The molecule has 0 radical (unpaired) electrons. The quantitative estimate of drug-likeness (QED) is 0.806. The monoisotopic (exact) mass is 281 g/mol. The summed E-state index contributed by atoms with van der Waals surface area (Å²) >= 11 is 0. The van der Waals surface area contributed by atoms with Gasteiger partial charge in [-0.25, -0.2) is 0 Å². The average molecular weight is 281 g/mol. The van der Waals surface area contributed by atoms with Crippen molar-refractivity contribution >= 4 is 11.8 Å². The number of nitrogens with one attached hydrogen (secondary N) is 1. The Balaban J connectivity index is 1.94. The fourth-order valence-corrected chi connectivity index (χ4v) is 3.38. The van der Waals surface area contributed by atoms with E-state index in [2.05, 4.69) is 19.2 Å². The molecule has 0 bridgehead atoms. The number of nitrogens with two attached hydrogens (primary N) is 1. The largest absolute Gasteiger partial charge is 0.369 e. The number of likely N-dealkylation sites (tertiary alicyclic amines) is 1. The van der Waals surface area contributed by atoms with Crippen LogP contribution in [0.2, 0.25) is 0 Å². The maximum absolute atomic E-state index is 12.5. The van der Waals surface area contributed by atoms with Gasteiger partial charge in [0.1, 0.15) is 0 Å². The summed E-state index contributed by atoms with van der Waals surface area (Å²) < 4.78 is 0. The molecule has 0 saturated carbocycles. The van der Waals surface area contributed by atoms with E-state index in [0.29, 0.717) is 18.9 Å². The summed E-state index contributed by atoms with van der Waals surface area (Å²) in [5.41, 5.74) is 5.39. The van der Waals surface area contributed by atoms with E-state index in [4.69, 9.17) is 5.73 Å². The van der Waals surface area contributed by atoms with Gasteiger partial charge in [0, 0.05) is 25.0 Å². The highest BCUT2D eigenvalue weighted by Gasteiger charge is 2.33. The highest BCUT2D eigenvalue weighted by Crippen LogP contribution is 2.24. The van der Waals surface area contributed by atoms with Crippen molar-refractivity contribution in [1.82, 2.24) is 10.2 Å². The van der Waals surface area contributed by atoms with Crippen LogP contribution in [0.5, 0.6) is 0 Å². The van der Waals surface area contributed by atoms with E-state index in [1.54, 1.807) is 0 Å². The molecular weight excluding hydrogens is 254 g/mol. The standard InChI is InChI=1S/C15H27N3O2/c1-10-4-3-7-17-13(10)8-14(19)18-9-12(15(16)20)6-5-11(18)2/h10-13,17H,3-9H2,1-2H3,(H2,16,20). The van der Waals surface area contributed by atoms with Gasteiger partial charge in [0.05, 0.1) is 5.92 Å². The first-order valence-corrected chi connectivity index (χ1v) is 7.81. The third-order valence-corrected chi connectivity index (χ3v) is 4.93. The van der Waals surface area contributed by atoms with E-state index in [9.17, 15) is 9.59 Å². The first kappa shape index (κ1) is 15.3. The highest BCUT2D eigenvalue weighted by atomic mass is 16.2. The van der Waals surface area contributed by atoms with Crippen LogP contribution in [0.15, 0.2) is 0 Å². The molecule has 0 aromatic heterocycles. The molecule has 0 aromatic rings. The summed E-state index contributed by atoms with van der Waals surface area (Å²) in [4.78, 5) is 25.7. The van der Waals surface area contributed by atoms with Crippen LogP contribution in [0, 0.1) is 11.8 Å². The molecular formula is C15H27N3O2. The lowest BCUT2D eigenvalue weighted by Gasteiger charge is -2.39. The van der Waals surface area contributed by atoms with Crippen LogP contribution in [-0.4, -0.2) is 41.9 Å². The number of piperidine rings is 2. The SMILES string of the molecule is CC1CCCNC1CC(=O)N1CC(C(N)=O)CCC1C. The van der Waals surface area contributed by atoms with Gasteiger partial charge in [-0.2, -0.15) is 0 Å². The average Bonchev–Trinajstić information content (AvgIpc) is 2.41. The predicted octanol–water partition coefficient (Wildman–Crippen LogP) is 0.877. The molecule has 2 amide bonds. The molecule has 4 atom stereocenters. The van der Waals surface area contributed by atoms with Gasteiger partial charge >= 0.3 is 0 Å². The number of carbonyl (C=O) groups is 2. The van der Waals surface area contributed by atoms with Crippen LogP contribution in [0.4, 0.5) is 0 Å². The lowest BCUT2D eigenvalue weighted by molar-refractivity contribution is -0.138. The number of primary amides is 1. The number of amides is 2. The Morgan fingerprint density at radius 2 is 2.00 bits per heavy atom. The van der Waals surface area contributed by atoms with Crippen LogP contribution in [0.1, 0.15) is 46.0 Å². The summed E-state index contributed by atoms with van der Waals surface area (Å²) in [6.07, 6.45) is 4.59. The minimum absolute atomic E-state index is 0.162. The van der Waals surface area contributed by atoms with E-state index in [1.807, 2.05) is 4.90 Å². The molecule has 4 unspecified atom stereocenters. The third kappa shape index (κ3) is 3.51. The fourth-order valence-electron chi connectivity index (χ4n) is 3.38. The Bertz CT molecular complexity index is 372. The zero-order valence-electron chi connectivity index (χ0n) is 12.6. The summed E-state index contributed by atoms with van der Waals surface area (Å²) in [5.74, 6) is 0.250. The van der Waals surface area contributed by atoms with Crippen molar-refractivity contribution in [3.63, 3.8) is 0 Å². The lowest BCUT2D eigenvalue weighted by Crippen LogP contribution is -2.51. The Kier molecular flexibility index (Phi) is 5.02. The number of carbonyl (C=O) groups excluding carboxylic acids is 2. The van der Waals surface area contributed by atoms with Gasteiger partial charge in [0.2, 0.25) is 11.8 Å². The van der Waals surface area contributed by atoms with Gasteiger partial charge in [-0.05, 0) is 45.1 Å². The van der Waals surface area contributed by atoms with Gasteiger partial charge in [0.15, 0.2) is 0 Å². The minimum atomic E-state index is -0.279. The van der Waals surface area contributed by atoms with Crippen molar-refractivity contribution < 1.29 is 9.59 Å². The lowest BCUT2D eigenvalue weighted by atomic mass is 9.88. The van der Waals surface area contributed by atoms with Gasteiger partial charge in [-0.3, -0.25) is 9.59 Å². The first-order valence-electron chi connectivity index (χ1n) is 7.81. The summed E-state index contributed by atoms with van der Waals surface area (Å²) in [6, 6.07) is 0.495. The van der Waals surface area contributed by atoms with Gasteiger partial charge in [-0.1, -0.05) is 6.92 Å². The van der Waals surface area contributed by atoms with Crippen molar-refractivity contribution in [2.45, 2.75) is 58.0 Å². The van der Waals surface area contributed by atoms with Crippen LogP contribution in [0.3, 0.4) is 0 Å². The first-order chi connectivity index (χ1) is 9.49. The van der Waals surface area contributed by atoms with Crippen LogP contribution in [0.25, 0.3) is 0 Å². The second-order valence-electron chi connectivity index (χ2n) is 6.46. The smallest absolute Gasteiger partial charge is 0.224 e. The normalized spacial score (nSPS) is 34.8. The third-order valence-electron chi connectivity index (χ3n) is 4.93. The molecule has 0 aliphatic carbocycles. The van der Waals surface area contributed by atoms with Gasteiger partial charge < -0.3 is 16.0 Å². The zero-order valence-corrected chi connectivity index (χ0v) is 12.6. The van der Waals surface area contributed by atoms with Gasteiger partial charge in [0.25, 0.3) is 0 Å².